The molecule has 1 unspecified atom stereocenters. The molecule has 0 spiro atoms. The van der Waals surface area contributed by atoms with E-state index in [0.29, 0.717) is 5.92 Å². The van der Waals surface area contributed by atoms with Crippen LogP contribution in [0.15, 0.2) is 60.7 Å². The van der Waals surface area contributed by atoms with Crippen LogP contribution in [0.25, 0.3) is 6.08 Å². The molecule has 1 saturated heterocycles. The lowest BCUT2D eigenvalue weighted by molar-refractivity contribution is -0.124. The predicted molar refractivity (Wildman–Crippen MR) is 92.4 cm³/mol. The number of methoxy groups -OCH3 is 1. The molecule has 1 fully saturated rings. The fraction of sp³-hybridized carbons (Fsp3) is 0.250. The second kappa shape index (κ2) is 7.14. The smallest absolute Gasteiger partial charge is 0.246 e. The molecule has 3 nitrogen and oxygen atoms in total. The molecular weight excluding hydrogens is 286 g/mol. The molecule has 2 aromatic rings. The molecular formula is C20H21NO2. The van der Waals surface area contributed by atoms with Crippen LogP contribution in [0.5, 0.6) is 5.75 Å². The lowest BCUT2D eigenvalue weighted by Crippen LogP contribution is -2.26. The van der Waals surface area contributed by atoms with Crippen molar-refractivity contribution in [3.05, 3.63) is 71.8 Å². The summed E-state index contributed by atoms with van der Waals surface area (Å²) in [6.45, 7) is 1.60. The van der Waals surface area contributed by atoms with E-state index in [-0.39, 0.29) is 5.91 Å². The average Bonchev–Trinajstić information content (AvgIpc) is 3.11. The molecule has 1 aliphatic rings. The van der Waals surface area contributed by atoms with Gasteiger partial charge in [0.1, 0.15) is 5.75 Å². The van der Waals surface area contributed by atoms with Gasteiger partial charge in [0, 0.05) is 25.1 Å². The topological polar surface area (TPSA) is 29.5 Å². The molecule has 0 saturated carbocycles. The van der Waals surface area contributed by atoms with Crippen LogP contribution >= 0.6 is 0 Å². The van der Waals surface area contributed by atoms with Gasteiger partial charge in [-0.05, 0) is 35.8 Å². The molecule has 1 heterocycles. The summed E-state index contributed by atoms with van der Waals surface area (Å²) in [5, 5.41) is 0. The molecule has 3 rings (SSSR count). The molecule has 2 aromatic carbocycles. The summed E-state index contributed by atoms with van der Waals surface area (Å²) in [5.41, 5.74) is 2.32. The van der Waals surface area contributed by atoms with E-state index >= 15 is 0 Å². The predicted octanol–water partition coefficient (Wildman–Crippen LogP) is 3.72. The second-order valence-corrected chi connectivity index (χ2v) is 5.79. The van der Waals surface area contributed by atoms with Gasteiger partial charge in [0.25, 0.3) is 0 Å². The van der Waals surface area contributed by atoms with E-state index in [4.69, 9.17) is 4.74 Å². The molecule has 1 atom stereocenters. The van der Waals surface area contributed by atoms with Crippen molar-refractivity contribution in [1.29, 1.82) is 0 Å². The first kappa shape index (κ1) is 15.3. The van der Waals surface area contributed by atoms with Crippen molar-refractivity contribution in [1.82, 2.24) is 4.90 Å². The summed E-state index contributed by atoms with van der Waals surface area (Å²) in [6, 6.07) is 18.1. The molecule has 0 radical (unpaired) electrons. The number of benzene rings is 2. The van der Waals surface area contributed by atoms with Gasteiger partial charge in [-0.3, -0.25) is 4.79 Å². The first-order valence-corrected chi connectivity index (χ1v) is 7.92. The van der Waals surface area contributed by atoms with Crippen molar-refractivity contribution in [2.45, 2.75) is 12.3 Å². The molecule has 0 aliphatic carbocycles. The lowest BCUT2D eigenvalue weighted by Gasteiger charge is -2.15. The van der Waals surface area contributed by atoms with Crippen LogP contribution in [0.2, 0.25) is 0 Å². The summed E-state index contributed by atoms with van der Waals surface area (Å²) < 4.78 is 5.19. The Morgan fingerprint density at radius 3 is 2.57 bits per heavy atom. The van der Waals surface area contributed by atoms with Crippen LogP contribution in [0.4, 0.5) is 0 Å². The largest absolute Gasteiger partial charge is 0.497 e. The fourth-order valence-electron chi connectivity index (χ4n) is 2.95. The third-order valence-electron chi connectivity index (χ3n) is 4.31. The third-order valence-corrected chi connectivity index (χ3v) is 4.31. The van der Waals surface area contributed by atoms with Crippen molar-refractivity contribution >= 4 is 12.0 Å². The SMILES string of the molecule is COc1ccc(C2CCN(C(=O)/C=C/c3ccccc3)C2)cc1. The van der Waals surface area contributed by atoms with Crippen LogP contribution in [0.1, 0.15) is 23.5 Å². The number of ether oxygens (including phenoxy) is 1. The molecule has 3 heteroatoms. The Kier molecular flexibility index (Phi) is 4.77. The standard InChI is InChI=1S/C20H21NO2/c1-23-19-10-8-17(9-11-19)18-13-14-21(15-18)20(22)12-7-16-5-3-2-4-6-16/h2-12,18H,13-15H2,1H3/b12-7+. The Bertz CT molecular complexity index is 677. The average molecular weight is 307 g/mol. The fourth-order valence-corrected chi connectivity index (χ4v) is 2.95. The minimum atomic E-state index is 0.0878. The van der Waals surface area contributed by atoms with Crippen molar-refractivity contribution in [2.75, 3.05) is 20.2 Å². The van der Waals surface area contributed by atoms with Crippen LogP contribution in [0, 0.1) is 0 Å². The number of likely N-dealkylation sites (tertiary alicyclic amines) is 1. The van der Waals surface area contributed by atoms with Crippen LogP contribution < -0.4 is 4.74 Å². The van der Waals surface area contributed by atoms with Gasteiger partial charge in [-0.15, -0.1) is 0 Å². The normalized spacial score (nSPS) is 17.6. The van der Waals surface area contributed by atoms with E-state index in [0.717, 1.165) is 30.8 Å². The monoisotopic (exact) mass is 307 g/mol. The first-order chi connectivity index (χ1) is 11.3. The van der Waals surface area contributed by atoms with Gasteiger partial charge in [0.05, 0.1) is 7.11 Å². The Morgan fingerprint density at radius 2 is 1.87 bits per heavy atom. The maximum absolute atomic E-state index is 12.3. The summed E-state index contributed by atoms with van der Waals surface area (Å²) in [4.78, 5) is 14.2. The summed E-state index contributed by atoms with van der Waals surface area (Å²) in [7, 11) is 1.67. The van der Waals surface area contributed by atoms with Crippen molar-refractivity contribution in [3.63, 3.8) is 0 Å². The van der Waals surface area contributed by atoms with E-state index < -0.39 is 0 Å². The molecule has 23 heavy (non-hydrogen) atoms. The minimum absolute atomic E-state index is 0.0878. The molecule has 1 aliphatic heterocycles. The highest BCUT2D eigenvalue weighted by Gasteiger charge is 2.26. The van der Waals surface area contributed by atoms with Gasteiger partial charge >= 0.3 is 0 Å². The number of hydrogen-bond acceptors (Lipinski definition) is 2. The highest BCUT2D eigenvalue weighted by Crippen LogP contribution is 2.28. The number of rotatable bonds is 4. The van der Waals surface area contributed by atoms with Crippen LogP contribution in [-0.4, -0.2) is 31.0 Å². The first-order valence-electron chi connectivity index (χ1n) is 7.92. The Hall–Kier alpha value is -2.55. The van der Waals surface area contributed by atoms with E-state index in [9.17, 15) is 4.79 Å². The second-order valence-electron chi connectivity index (χ2n) is 5.79. The Labute approximate surface area is 137 Å². The molecule has 0 aromatic heterocycles. The lowest BCUT2D eigenvalue weighted by atomic mass is 9.98. The van der Waals surface area contributed by atoms with E-state index in [1.165, 1.54) is 5.56 Å². The maximum Gasteiger partial charge on any atom is 0.246 e. The van der Waals surface area contributed by atoms with E-state index in [1.54, 1.807) is 13.2 Å². The van der Waals surface area contributed by atoms with E-state index in [1.807, 2.05) is 53.4 Å². The number of amides is 1. The highest BCUT2D eigenvalue weighted by molar-refractivity contribution is 5.92. The number of hydrogen-bond donors (Lipinski definition) is 0. The maximum atomic E-state index is 12.3. The van der Waals surface area contributed by atoms with Crippen molar-refractivity contribution in [2.24, 2.45) is 0 Å². The van der Waals surface area contributed by atoms with Crippen LogP contribution in [0.3, 0.4) is 0 Å². The summed E-state index contributed by atoms with van der Waals surface area (Å²) in [6.07, 6.45) is 4.56. The number of carbonyl (C=O) groups is 1. The summed E-state index contributed by atoms with van der Waals surface area (Å²) >= 11 is 0. The van der Waals surface area contributed by atoms with Gasteiger partial charge in [-0.1, -0.05) is 42.5 Å². The van der Waals surface area contributed by atoms with Crippen molar-refractivity contribution in [3.8, 4) is 5.75 Å². The zero-order valence-electron chi connectivity index (χ0n) is 13.3. The van der Waals surface area contributed by atoms with Crippen molar-refractivity contribution < 1.29 is 9.53 Å². The number of nitrogens with zero attached hydrogens (tertiary/aromatic N) is 1. The zero-order valence-corrected chi connectivity index (χ0v) is 13.3. The van der Waals surface area contributed by atoms with Gasteiger partial charge in [-0.2, -0.15) is 0 Å². The number of carbonyl (C=O) groups excluding carboxylic acids is 1. The molecule has 0 N–H and O–H groups in total. The highest BCUT2D eigenvalue weighted by atomic mass is 16.5. The quantitative estimate of drug-likeness (QED) is 0.806. The Balaban J connectivity index is 1.60. The van der Waals surface area contributed by atoms with Gasteiger partial charge < -0.3 is 9.64 Å². The van der Waals surface area contributed by atoms with Gasteiger partial charge in [0.2, 0.25) is 5.91 Å². The van der Waals surface area contributed by atoms with Gasteiger partial charge in [0.15, 0.2) is 0 Å². The third kappa shape index (κ3) is 3.81. The molecule has 0 bridgehead atoms. The van der Waals surface area contributed by atoms with Gasteiger partial charge in [-0.25, -0.2) is 0 Å². The minimum Gasteiger partial charge on any atom is -0.497 e. The molecule has 1 amide bonds. The van der Waals surface area contributed by atoms with Crippen LogP contribution in [-0.2, 0) is 4.79 Å². The Morgan fingerprint density at radius 1 is 1.13 bits per heavy atom. The summed E-state index contributed by atoms with van der Waals surface area (Å²) in [5.74, 6) is 1.37. The van der Waals surface area contributed by atoms with E-state index in [2.05, 4.69) is 12.1 Å². The zero-order chi connectivity index (χ0) is 16.1. The molecule has 118 valence electrons.